The van der Waals surface area contributed by atoms with Gasteiger partial charge in [-0.25, -0.2) is 4.79 Å². The van der Waals surface area contributed by atoms with E-state index in [2.05, 4.69) is 110 Å². The van der Waals surface area contributed by atoms with Gasteiger partial charge >= 0.3 is 6.03 Å². The van der Waals surface area contributed by atoms with E-state index in [4.69, 9.17) is 0 Å². The van der Waals surface area contributed by atoms with Gasteiger partial charge in [-0.15, -0.1) is 24.7 Å². The number of hydrogen-bond acceptors (Lipinski definition) is 3. The lowest BCUT2D eigenvalue weighted by atomic mass is 10.00. The van der Waals surface area contributed by atoms with Crippen LogP contribution >= 0.6 is 0 Å². The van der Waals surface area contributed by atoms with Crippen LogP contribution in [0.4, 0.5) is 4.79 Å². The number of urea groups is 1. The van der Waals surface area contributed by atoms with Crippen LogP contribution < -0.4 is 16.0 Å². The van der Waals surface area contributed by atoms with Gasteiger partial charge in [-0.1, -0.05) is 92.7 Å². The van der Waals surface area contributed by atoms with Crippen LogP contribution in [0.1, 0.15) is 65.0 Å². The largest absolute Gasteiger partial charge is 0.369 e. The highest BCUT2D eigenvalue weighted by molar-refractivity contribution is 5.76. The van der Waals surface area contributed by atoms with E-state index in [1.807, 2.05) is 50.2 Å². The molecule has 1 saturated heterocycles. The van der Waals surface area contributed by atoms with Crippen molar-refractivity contribution in [2.75, 3.05) is 32.7 Å². The van der Waals surface area contributed by atoms with Crippen LogP contribution in [-0.2, 0) is 6.42 Å². The summed E-state index contributed by atoms with van der Waals surface area (Å²) in [6, 6.07) is 20.4. The standard InChI is InChI=1S/C22H32N4O.C7H8.C7H12.C2H2/c1-5-24-22(27)25-18(3)21(16-20-9-7-6-8-10-20)15-17(2)19(4)26-13-11-23-12-14-26;1-7-5-3-2-4-6-7;1-3-5-7-6-4-2;1-2/h6-10,15,23H,4-5,11-14,16H2,1-3H3,(H2,24,25,27);2-6H,1H3;3-5H2,1-2H3;1-2H/b17-15+,21-18-;;;. The summed E-state index contributed by atoms with van der Waals surface area (Å²) in [6.45, 7) is 21.0. The first-order valence-electron chi connectivity index (χ1n) is 15.2. The maximum absolute atomic E-state index is 12.0. The molecule has 0 bridgehead atoms. The van der Waals surface area contributed by atoms with E-state index in [1.54, 1.807) is 0 Å². The van der Waals surface area contributed by atoms with Crippen molar-refractivity contribution in [3.8, 4) is 24.7 Å². The van der Waals surface area contributed by atoms with Crippen molar-refractivity contribution in [2.24, 2.45) is 0 Å². The third-order valence-electron chi connectivity index (χ3n) is 6.32. The minimum atomic E-state index is -0.174. The molecule has 0 atom stereocenters. The molecule has 1 aliphatic heterocycles. The lowest BCUT2D eigenvalue weighted by Gasteiger charge is -2.31. The monoisotopic (exact) mass is 582 g/mol. The van der Waals surface area contributed by atoms with Crippen LogP contribution in [0.2, 0.25) is 0 Å². The molecule has 1 aliphatic rings. The summed E-state index contributed by atoms with van der Waals surface area (Å²) >= 11 is 0. The van der Waals surface area contributed by atoms with Crippen LogP contribution in [0.3, 0.4) is 0 Å². The van der Waals surface area contributed by atoms with E-state index in [0.717, 1.165) is 68.0 Å². The molecule has 0 radical (unpaired) electrons. The van der Waals surface area contributed by atoms with Crippen molar-refractivity contribution >= 4 is 6.03 Å². The zero-order valence-corrected chi connectivity index (χ0v) is 27.4. The van der Waals surface area contributed by atoms with Gasteiger partial charge in [0.2, 0.25) is 0 Å². The fourth-order valence-electron chi connectivity index (χ4n) is 3.96. The number of unbranched alkanes of at least 4 members (excludes halogenated alkanes) is 1. The molecule has 0 saturated carbocycles. The first kappa shape index (κ1) is 38.8. The second kappa shape index (κ2) is 25.5. The number of hydrogen-bond donors (Lipinski definition) is 3. The summed E-state index contributed by atoms with van der Waals surface area (Å²) in [5, 5.41) is 9.11. The minimum Gasteiger partial charge on any atom is -0.369 e. The van der Waals surface area contributed by atoms with Gasteiger partial charge in [-0.2, -0.15) is 0 Å². The lowest BCUT2D eigenvalue weighted by Crippen LogP contribution is -2.42. The van der Waals surface area contributed by atoms with E-state index in [9.17, 15) is 4.79 Å². The summed E-state index contributed by atoms with van der Waals surface area (Å²) in [4.78, 5) is 14.3. The average molecular weight is 583 g/mol. The highest BCUT2D eigenvalue weighted by Crippen LogP contribution is 2.20. The van der Waals surface area contributed by atoms with Crippen LogP contribution in [0.5, 0.6) is 0 Å². The zero-order valence-electron chi connectivity index (χ0n) is 27.4. The number of terminal acetylenes is 1. The Kier molecular flexibility index (Phi) is 23.0. The van der Waals surface area contributed by atoms with E-state index in [1.165, 1.54) is 17.5 Å². The molecule has 1 heterocycles. The van der Waals surface area contributed by atoms with Gasteiger partial charge in [0, 0.05) is 57.0 Å². The summed E-state index contributed by atoms with van der Waals surface area (Å²) in [5.74, 6) is 6.03. The molecule has 2 aromatic carbocycles. The lowest BCUT2D eigenvalue weighted by molar-refractivity contribution is 0.244. The Morgan fingerprint density at radius 1 is 0.977 bits per heavy atom. The first-order valence-corrected chi connectivity index (χ1v) is 15.2. The number of piperazine rings is 1. The molecule has 43 heavy (non-hydrogen) atoms. The van der Waals surface area contributed by atoms with E-state index >= 15 is 0 Å². The fraction of sp³-hybridized carbons (Fsp3) is 0.395. The summed E-state index contributed by atoms with van der Waals surface area (Å²) in [5.41, 5.74) is 6.65. The number of carbonyl (C=O) groups excluding carboxylic acids is 1. The first-order chi connectivity index (χ1) is 20.8. The van der Waals surface area contributed by atoms with Gasteiger partial charge in [0.05, 0.1) is 0 Å². The Balaban J connectivity index is 0.000000897. The van der Waals surface area contributed by atoms with Crippen molar-refractivity contribution < 1.29 is 4.79 Å². The number of nitrogens with one attached hydrogen (secondary N) is 3. The molecule has 2 aromatic rings. The number of rotatable bonds is 8. The second-order valence-corrected chi connectivity index (χ2v) is 9.92. The normalized spacial score (nSPS) is 12.6. The van der Waals surface area contributed by atoms with E-state index in [0.29, 0.717) is 6.54 Å². The quantitative estimate of drug-likeness (QED) is 0.222. The van der Waals surface area contributed by atoms with Crippen LogP contribution in [0.15, 0.2) is 95.9 Å². The number of amides is 2. The number of carbonyl (C=O) groups is 1. The molecule has 3 rings (SSSR count). The predicted octanol–water partition coefficient (Wildman–Crippen LogP) is 7.63. The highest BCUT2D eigenvalue weighted by Gasteiger charge is 2.14. The second-order valence-electron chi connectivity index (χ2n) is 9.92. The number of aryl methyl sites for hydroxylation is 1. The molecular formula is C38H54N4O. The zero-order chi connectivity index (χ0) is 32.3. The molecule has 2 amide bonds. The summed E-state index contributed by atoms with van der Waals surface area (Å²) < 4.78 is 0. The minimum absolute atomic E-state index is 0.174. The Bertz CT molecular complexity index is 1180. The van der Waals surface area contributed by atoms with Crippen molar-refractivity contribution in [1.29, 1.82) is 0 Å². The van der Waals surface area contributed by atoms with Crippen LogP contribution in [0.25, 0.3) is 0 Å². The van der Waals surface area contributed by atoms with Crippen molar-refractivity contribution in [2.45, 2.75) is 67.2 Å². The van der Waals surface area contributed by atoms with E-state index < -0.39 is 0 Å². The van der Waals surface area contributed by atoms with Crippen molar-refractivity contribution in [3.05, 3.63) is 107 Å². The topological polar surface area (TPSA) is 56.4 Å². The van der Waals surface area contributed by atoms with Gasteiger partial charge in [0.1, 0.15) is 0 Å². The molecule has 3 N–H and O–H groups in total. The van der Waals surface area contributed by atoms with Gasteiger partial charge in [-0.3, -0.25) is 0 Å². The maximum Gasteiger partial charge on any atom is 0.318 e. The third-order valence-corrected chi connectivity index (χ3v) is 6.32. The fourth-order valence-corrected chi connectivity index (χ4v) is 3.96. The number of benzene rings is 2. The van der Waals surface area contributed by atoms with Gasteiger partial charge in [-0.05, 0) is 57.2 Å². The summed E-state index contributed by atoms with van der Waals surface area (Å²) in [7, 11) is 0. The van der Waals surface area contributed by atoms with Crippen LogP contribution in [-0.4, -0.2) is 43.7 Å². The summed E-state index contributed by atoms with van der Waals surface area (Å²) in [6.07, 6.45) is 14.2. The smallest absolute Gasteiger partial charge is 0.318 e. The molecular weight excluding hydrogens is 528 g/mol. The molecule has 1 fully saturated rings. The average Bonchev–Trinajstić information content (AvgIpc) is 3.03. The van der Waals surface area contributed by atoms with Gasteiger partial charge < -0.3 is 20.9 Å². The molecule has 0 aromatic heterocycles. The molecule has 232 valence electrons. The molecule has 5 heteroatoms. The molecule has 0 unspecified atom stereocenters. The Labute approximate surface area is 262 Å². The SMILES string of the molecule is C#C.C=C(/C(C)=C/C(Cc1ccccc1)=C(\C)NC(=O)NCC)N1CCNCC1.CCC#CCCC.Cc1ccccc1. The predicted molar refractivity (Wildman–Crippen MR) is 186 cm³/mol. The number of allylic oxidation sites excluding steroid dienone is 4. The highest BCUT2D eigenvalue weighted by atomic mass is 16.2. The van der Waals surface area contributed by atoms with Crippen molar-refractivity contribution in [1.82, 2.24) is 20.9 Å². The molecule has 0 spiro atoms. The Morgan fingerprint density at radius 2 is 1.56 bits per heavy atom. The van der Waals surface area contributed by atoms with E-state index in [-0.39, 0.29) is 6.03 Å². The van der Waals surface area contributed by atoms with Crippen LogP contribution in [0, 0.1) is 31.6 Å². The van der Waals surface area contributed by atoms with Gasteiger partial charge in [0.15, 0.2) is 0 Å². The molecule has 5 nitrogen and oxygen atoms in total. The van der Waals surface area contributed by atoms with Gasteiger partial charge in [0.25, 0.3) is 0 Å². The number of nitrogens with zero attached hydrogens (tertiary/aromatic N) is 1. The third kappa shape index (κ3) is 18.8. The maximum atomic E-state index is 12.0. The Hall–Kier alpha value is -4.19. The van der Waals surface area contributed by atoms with Crippen molar-refractivity contribution in [3.63, 3.8) is 0 Å². The molecule has 0 aliphatic carbocycles. The Morgan fingerprint density at radius 3 is 2.05 bits per heavy atom.